The summed E-state index contributed by atoms with van der Waals surface area (Å²) in [6, 6.07) is 13.8. The molecule has 0 saturated carbocycles. The van der Waals surface area contributed by atoms with E-state index in [2.05, 4.69) is 15.0 Å². The Hall–Kier alpha value is -3.59. The molecule has 0 bridgehead atoms. The number of nitrogens with two attached hydrogens (primary N) is 2. The van der Waals surface area contributed by atoms with Crippen LogP contribution >= 0.6 is 11.3 Å². The molecule has 0 radical (unpaired) electrons. The molecule has 8 nitrogen and oxygen atoms in total. The van der Waals surface area contributed by atoms with Crippen molar-refractivity contribution >= 4 is 34.0 Å². The molecule has 1 heterocycles. The van der Waals surface area contributed by atoms with Gasteiger partial charge in [0, 0.05) is 28.6 Å². The molecule has 27 heavy (non-hydrogen) atoms. The van der Waals surface area contributed by atoms with Gasteiger partial charge in [0.2, 0.25) is 11.1 Å². The molecule has 0 aliphatic rings. The summed E-state index contributed by atoms with van der Waals surface area (Å²) in [7, 11) is 0. The minimum Gasteiger partial charge on any atom is -0.383 e. The molecule has 0 spiro atoms. The van der Waals surface area contributed by atoms with E-state index in [4.69, 9.17) is 11.5 Å². The Labute approximate surface area is 159 Å². The molecule has 0 fully saturated rings. The summed E-state index contributed by atoms with van der Waals surface area (Å²) in [5.41, 5.74) is 14.9. The molecule has 0 unspecified atom stereocenters. The van der Waals surface area contributed by atoms with Crippen molar-refractivity contribution in [3.05, 3.63) is 75.2 Å². The van der Waals surface area contributed by atoms with Crippen LogP contribution in [-0.2, 0) is 0 Å². The van der Waals surface area contributed by atoms with Gasteiger partial charge in [0.05, 0.1) is 10.6 Å². The molecule has 0 aliphatic heterocycles. The van der Waals surface area contributed by atoms with Gasteiger partial charge >= 0.3 is 0 Å². The van der Waals surface area contributed by atoms with Gasteiger partial charge in [-0.3, -0.25) is 10.1 Å². The molecular weight excluding hydrogens is 364 g/mol. The first kappa shape index (κ1) is 18.2. The summed E-state index contributed by atoms with van der Waals surface area (Å²) in [4.78, 5) is 23.0. The molecule has 0 saturated heterocycles. The van der Waals surface area contributed by atoms with Gasteiger partial charge in [-0.1, -0.05) is 42.0 Å². The lowest BCUT2D eigenvalue weighted by Gasteiger charge is -2.01. The van der Waals surface area contributed by atoms with Gasteiger partial charge in [-0.15, -0.1) is 11.3 Å². The Bertz CT molecular complexity index is 1040. The zero-order chi connectivity index (χ0) is 19.4. The molecule has 1 aromatic heterocycles. The number of rotatable bonds is 4. The van der Waals surface area contributed by atoms with E-state index >= 15 is 0 Å². The fourth-order valence-corrected chi connectivity index (χ4v) is 2.97. The Morgan fingerprint density at radius 1 is 1.19 bits per heavy atom. The van der Waals surface area contributed by atoms with E-state index in [1.54, 1.807) is 17.5 Å². The SMILES string of the molecule is Cc1ccc(C(N)=NC(N)=Nc2nc(-c3cccc([N+](=O)[O-])c3)cs2)cc1. The van der Waals surface area contributed by atoms with Crippen molar-refractivity contribution in [2.75, 3.05) is 0 Å². The third-order valence-electron chi connectivity index (χ3n) is 3.64. The highest BCUT2D eigenvalue weighted by atomic mass is 32.1. The van der Waals surface area contributed by atoms with E-state index in [-0.39, 0.29) is 17.5 Å². The van der Waals surface area contributed by atoms with Gasteiger partial charge < -0.3 is 11.5 Å². The predicted molar refractivity (Wildman–Crippen MR) is 107 cm³/mol. The van der Waals surface area contributed by atoms with Crippen molar-refractivity contribution in [1.29, 1.82) is 0 Å². The summed E-state index contributed by atoms with van der Waals surface area (Å²) in [5.74, 6) is 0.236. The van der Waals surface area contributed by atoms with Crippen molar-refractivity contribution in [3.8, 4) is 11.3 Å². The second-order valence-corrected chi connectivity index (χ2v) is 6.49. The number of aryl methyl sites for hydroxylation is 1. The normalized spacial score (nSPS) is 12.2. The number of nitro groups is 1. The van der Waals surface area contributed by atoms with Crippen LogP contribution < -0.4 is 11.5 Å². The predicted octanol–water partition coefficient (Wildman–Crippen LogP) is 3.38. The number of non-ortho nitro benzene ring substituents is 1. The van der Waals surface area contributed by atoms with E-state index in [9.17, 15) is 10.1 Å². The van der Waals surface area contributed by atoms with Crippen molar-refractivity contribution in [1.82, 2.24) is 4.98 Å². The standard InChI is InChI=1S/C18H16N6O2S/c1-11-5-7-12(8-6-11)16(19)22-17(20)23-18-21-15(10-27-18)13-3-2-4-14(9-13)24(25)26/h2-10H,1H3,(H4,19,20,21,22,23). The topological polar surface area (TPSA) is 133 Å². The number of benzene rings is 2. The smallest absolute Gasteiger partial charge is 0.270 e. The van der Waals surface area contributed by atoms with Gasteiger partial charge in [0.1, 0.15) is 5.84 Å². The van der Waals surface area contributed by atoms with E-state index in [0.717, 1.165) is 11.1 Å². The molecule has 2 aromatic carbocycles. The monoisotopic (exact) mass is 380 g/mol. The lowest BCUT2D eigenvalue weighted by atomic mass is 10.1. The number of guanidine groups is 1. The summed E-state index contributed by atoms with van der Waals surface area (Å²) in [5, 5.41) is 13.0. The van der Waals surface area contributed by atoms with Crippen LogP contribution in [0.4, 0.5) is 10.8 Å². The van der Waals surface area contributed by atoms with Crippen LogP contribution in [0.25, 0.3) is 11.3 Å². The number of nitro benzene ring substituents is 1. The largest absolute Gasteiger partial charge is 0.383 e. The fraction of sp³-hybridized carbons (Fsp3) is 0.0556. The molecule has 0 aliphatic carbocycles. The van der Waals surface area contributed by atoms with Crippen LogP contribution in [0.15, 0.2) is 63.9 Å². The first-order chi connectivity index (χ1) is 12.9. The van der Waals surface area contributed by atoms with E-state index in [1.807, 2.05) is 31.2 Å². The van der Waals surface area contributed by atoms with Crippen LogP contribution in [0.5, 0.6) is 0 Å². The number of amidine groups is 1. The van der Waals surface area contributed by atoms with Crippen LogP contribution in [0.1, 0.15) is 11.1 Å². The van der Waals surface area contributed by atoms with E-state index < -0.39 is 4.92 Å². The highest BCUT2D eigenvalue weighted by Crippen LogP contribution is 2.28. The zero-order valence-electron chi connectivity index (χ0n) is 14.4. The van der Waals surface area contributed by atoms with Gasteiger partial charge in [-0.05, 0) is 6.92 Å². The second kappa shape index (κ2) is 7.75. The molecule has 0 atom stereocenters. The number of hydrogen-bond acceptors (Lipinski definition) is 5. The second-order valence-electron chi connectivity index (χ2n) is 5.66. The lowest BCUT2D eigenvalue weighted by Crippen LogP contribution is -2.19. The molecular formula is C18H16N6O2S. The van der Waals surface area contributed by atoms with Crippen LogP contribution in [-0.4, -0.2) is 21.7 Å². The highest BCUT2D eigenvalue weighted by Gasteiger charge is 2.10. The van der Waals surface area contributed by atoms with Crippen molar-refractivity contribution < 1.29 is 4.92 Å². The summed E-state index contributed by atoms with van der Waals surface area (Å²) >= 11 is 1.25. The average molecular weight is 380 g/mol. The number of aliphatic imine (C=N–C) groups is 2. The molecule has 0 amide bonds. The Balaban J connectivity index is 1.81. The summed E-state index contributed by atoms with van der Waals surface area (Å²) < 4.78 is 0. The molecule has 136 valence electrons. The number of thiazole rings is 1. The molecule has 3 rings (SSSR count). The quantitative estimate of drug-likeness (QED) is 0.310. The molecule has 9 heteroatoms. The summed E-state index contributed by atoms with van der Waals surface area (Å²) in [6.45, 7) is 1.98. The summed E-state index contributed by atoms with van der Waals surface area (Å²) in [6.07, 6.45) is 0. The first-order valence-corrected chi connectivity index (χ1v) is 8.76. The third kappa shape index (κ3) is 4.53. The van der Waals surface area contributed by atoms with Gasteiger partial charge in [0.25, 0.3) is 5.69 Å². The Kier molecular flexibility index (Phi) is 5.23. The Morgan fingerprint density at radius 3 is 2.63 bits per heavy atom. The average Bonchev–Trinajstić information content (AvgIpc) is 3.10. The van der Waals surface area contributed by atoms with E-state index in [1.165, 1.54) is 23.5 Å². The number of aromatic nitrogens is 1. The van der Waals surface area contributed by atoms with E-state index in [0.29, 0.717) is 16.4 Å². The zero-order valence-corrected chi connectivity index (χ0v) is 15.2. The van der Waals surface area contributed by atoms with Gasteiger partial charge in [0.15, 0.2) is 0 Å². The maximum Gasteiger partial charge on any atom is 0.270 e. The van der Waals surface area contributed by atoms with Crippen LogP contribution in [0.2, 0.25) is 0 Å². The number of hydrogen-bond donors (Lipinski definition) is 2. The fourth-order valence-electron chi connectivity index (χ4n) is 2.26. The Morgan fingerprint density at radius 2 is 1.93 bits per heavy atom. The molecule has 4 N–H and O–H groups in total. The van der Waals surface area contributed by atoms with Crippen molar-refractivity contribution in [2.45, 2.75) is 6.92 Å². The minimum absolute atomic E-state index is 0.000497. The van der Waals surface area contributed by atoms with Crippen LogP contribution in [0, 0.1) is 17.0 Å². The minimum atomic E-state index is -0.449. The lowest BCUT2D eigenvalue weighted by molar-refractivity contribution is -0.384. The van der Waals surface area contributed by atoms with Gasteiger partial charge in [-0.2, -0.15) is 9.98 Å². The van der Waals surface area contributed by atoms with Crippen molar-refractivity contribution in [3.63, 3.8) is 0 Å². The van der Waals surface area contributed by atoms with Crippen molar-refractivity contribution in [2.24, 2.45) is 21.5 Å². The highest BCUT2D eigenvalue weighted by molar-refractivity contribution is 7.13. The maximum atomic E-state index is 10.9. The molecule has 3 aromatic rings. The first-order valence-electron chi connectivity index (χ1n) is 7.88. The van der Waals surface area contributed by atoms with Crippen LogP contribution in [0.3, 0.4) is 0 Å². The third-order valence-corrected chi connectivity index (χ3v) is 4.37. The maximum absolute atomic E-state index is 10.9. The number of nitrogens with zero attached hydrogens (tertiary/aromatic N) is 4. The van der Waals surface area contributed by atoms with Gasteiger partial charge in [-0.25, -0.2) is 4.98 Å².